The molecule has 2 N–H and O–H groups in total. The first kappa shape index (κ1) is 15.0. The minimum atomic E-state index is 0.427. The van der Waals surface area contributed by atoms with Gasteiger partial charge in [-0.05, 0) is 31.2 Å². The van der Waals surface area contributed by atoms with Gasteiger partial charge < -0.3 is 10.6 Å². The van der Waals surface area contributed by atoms with E-state index in [-0.39, 0.29) is 0 Å². The van der Waals surface area contributed by atoms with Crippen LogP contribution in [0.15, 0.2) is 0 Å². The molecule has 0 saturated carbocycles. The third-order valence-corrected chi connectivity index (χ3v) is 4.40. The van der Waals surface area contributed by atoms with E-state index in [1.165, 1.54) is 58.0 Å². The molecule has 0 bridgehead atoms. The van der Waals surface area contributed by atoms with Gasteiger partial charge in [0.2, 0.25) is 0 Å². The molecule has 1 aliphatic rings. The fraction of sp³-hybridized carbons (Fsp3) is 1.00. The highest BCUT2D eigenvalue weighted by Crippen LogP contribution is 2.30. The van der Waals surface area contributed by atoms with Crippen LogP contribution < -0.4 is 5.73 Å². The summed E-state index contributed by atoms with van der Waals surface area (Å²) in [5.41, 5.74) is 6.50. The Bertz CT molecular complexity index is 205. The monoisotopic (exact) mass is 240 g/mol. The van der Waals surface area contributed by atoms with E-state index in [9.17, 15) is 0 Å². The van der Waals surface area contributed by atoms with E-state index in [0.29, 0.717) is 11.5 Å². The van der Waals surface area contributed by atoms with Crippen molar-refractivity contribution in [3.8, 4) is 0 Å². The van der Waals surface area contributed by atoms with Crippen molar-refractivity contribution in [1.29, 1.82) is 0 Å². The van der Waals surface area contributed by atoms with E-state index in [2.05, 4.69) is 25.7 Å². The largest absolute Gasteiger partial charge is 0.326 e. The molecule has 102 valence electrons. The molecule has 0 radical (unpaired) electrons. The van der Waals surface area contributed by atoms with Gasteiger partial charge in [-0.3, -0.25) is 0 Å². The first-order valence-corrected chi connectivity index (χ1v) is 7.57. The third-order valence-electron chi connectivity index (χ3n) is 4.40. The standard InChI is InChI=1S/C15H32N2/c1-4-6-7-8-10-15(3,5-2)13-17-11-9-14(16)12-17/h14H,4-13,16H2,1-3H3. The van der Waals surface area contributed by atoms with Gasteiger partial charge in [0.15, 0.2) is 0 Å². The Hall–Kier alpha value is -0.0800. The zero-order valence-corrected chi connectivity index (χ0v) is 12.2. The van der Waals surface area contributed by atoms with Crippen LogP contribution >= 0.6 is 0 Å². The molecule has 0 aromatic rings. The van der Waals surface area contributed by atoms with Crippen molar-refractivity contribution in [2.75, 3.05) is 19.6 Å². The van der Waals surface area contributed by atoms with Gasteiger partial charge in [0.05, 0.1) is 0 Å². The van der Waals surface area contributed by atoms with E-state index in [4.69, 9.17) is 5.73 Å². The van der Waals surface area contributed by atoms with Crippen molar-refractivity contribution < 1.29 is 0 Å². The van der Waals surface area contributed by atoms with Crippen molar-refractivity contribution in [3.63, 3.8) is 0 Å². The molecular weight excluding hydrogens is 208 g/mol. The average Bonchev–Trinajstić information content (AvgIpc) is 2.70. The highest BCUT2D eigenvalue weighted by molar-refractivity contribution is 4.84. The lowest BCUT2D eigenvalue weighted by atomic mass is 9.81. The van der Waals surface area contributed by atoms with Crippen LogP contribution in [0.3, 0.4) is 0 Å². The molecule has 0 aliphatic carbocycles. The Balaban J connectivity index is 2.28. The number of hydrogen-bond acceptors (Lipinski definition) is 2. The van der Waals surface area contributed by atoms with Crippen molar-refractivity contribution in [2.24, 2.45) is 11.1 Å². The van der Waals surface area contributed by atoms with E-state index in [1.807, 2.05) is 0 Å². The Morgan fingerprint density at radius 3 is 2.53 bits per heavy atom. The normalized spacial score (nSPS) is 25.1. The molecule has 1 rings (SSSR count). The van der Waals surface area contributed by atoms with Crippen LogP contribution in [0.2, 0.25) is 0 Å². The van der Waals surface area contributed by atoms with E-state index >= 15 is 0 Å². The fourth-order valence-corrected chi connectivity index (χ4v) is 2.89. The van der Waals surface area contributed by atoms with Crippen LogP contribution in [-0.4, -0.2) is 30.6 Å². The van der Waals surface area contributed by atoms with Crippen LogP contribution in [-0.2, 0) is 0 Å². The SMILES string of the molecule is CCCCCCC(C)(CC)CN1CCC(N)C1. The van der Waals surface area contributed by atoms with Crippen molar-refractivity contribution >= 4 is 0 Å². The quantitative estimate of drug-likeness (QED) is 0.659. The molecule has 1 fully saturated rings. The lowest BCUT2D eigenvalue weighted by Gasteiger charge is -2.33. The first-order valence-electron chi connectivity index (χ1n) is 7.57. The summed E-state index contributed by atoms with van der Waals surface area (Å²) in [7, 11) is 0. The van der Waals surface area contributed by atoms with Crippen molar-refractivity contribution in [2.45, 2.75) is 71.8 Å². The lowest BCUT2D eigenvalue weighted by molar-refractivity contribution is 0.167. The summed E-state index contributed by atoms with van der Waals surface area (Å²) in [6.07, 6.45) is 9.41. The topological polar surface area (TPSA) is 29.3 Å². The van der Waals surface area contributed by atoms with Gasteiger partial charge in [0.1, 0.15) is 0 Å². The van der Waals surface area contributed by atoms with Gasteiger partial charge in [-0.2, -0.15) is 0 Å². The van der Waals surface area contributed by atoms with E-state index in [0.717, 1.165) is 6.54 Å². The maximum Gasteiger partial charge on any atom is 0.0180 e. The molecule has 0 amide bonds. The van der Waals surface area contributed by atoms with Gasteiger partial charge in [-0.1, -0.05) is 46.5 Å². The second kappa shape index (κ2) is 7.38. The average molecular weight is 240 g/mol. The van der Waals surface area contributed by atoms with E-state index < -0.39 is 0 Å². The number of nitrogens with zero attached hydrogens (tertiary/aromatic N) is 1. The molecule has 2 heteroatoms. The minimum absolute atomic E-state index is 0.427. The number of nitrogens with two attached hydrogens (primary N) is 1. The second-order valence-electron chi connectivity index (χ2n) is 6.26. The third kappa shape index (κ3) is 5.39. The second-order valence-corrected chi connectivity index (χ2v) is 6.26. The first-order chi connectivity index (χ1) is 8.09. The molecule has 1 aliphatic heterocycles. The van der Waals surface area contributed by atoms with Crippen LogP contribution in [0, 0.1) is 5.41 Å². The Kier molecular flexibility index (Phi) is 6.50. The zero-order chi connectivity index (χ0) is 12.7. The molecule has 1 saturated heterocycles. The van der Waals surface area contributed by atoms with Gasteiger partial charge in [0.25, 0.3) is 0 Å². The Morgan fingerprint density at radius 2 is 2.00 bits per heavy atom. The summed E-state index contributed by atoms with van der Waals surface area (Å²) < 4.78 is 0. The molecule has 2 atom stereocenters. The minimum Gasteiger partial charge on any atom is -0.326 e. The summed E-state index contributed by atoms with van der Waals surface area (Å²) in [5.74, 6) is 0. The number of rotatable bonds is 8. The molecule has 0 aromatic heterocycles. The Labute approximate surface area is 108 Å². The predicted molar refractivity (Wildman–Crippen MR) is 76.2 cm³/mol. The summed E-state index contributed by atoms with van der Waals surface area (Å²) in [6.45, 7) is 10.7. The summed E-state index contributed by atoms with van der Waals surface area (Å²) in [6, 6.07) is 0.427. The van der Waals surface area contributed by atoms with Gasteiger partial charge in [0, 0.05) is 19.1 Å². The number of likely N-dealkylation sites (tertiary alicyclic amines) is 1. The van der Waals surface area contributed by atoms with Gasteiger partial charge in [-0.25, -0.2) is 0 Å². The van der Waals surface area contributed by atoms with E-state index in [1.54, 1.807) is 0 Å². The number of hydrogen-bond donors (Lipinski definition) is 1. The van der Waals surface area contributed by atoms with Crippen LogP contribution in [0.4, 0.5) is 0 Å². The smallest absolute Gasteiger partial charge is 0.0180 e. The zero-order valence-electron chi connectivity index (χ0n) is 12.2. The molecule has 2 unspecified atom stereocenters. The summed E-state index contributed by atoms with van der Waals surface area (Å²) in [4.78, 5) is 2.58. The molecule has 17 heavy (non-hydrogen) atoms. The highest BCUT2D eigenvalue weighted by atomic mass is 15.2. The molecule has 0 aromatic carbocycles. The fourth-order valence-electron chi connectivity index (χ4n) is 2.89. The lowest BCUT2D eigenvalue weighted by Crippen LogP contribution is -2.36. The maximum absolute atomic E-state index is 5.98. The van der Waals surface area contributed by atoms with Gasteiger partial charge >= 0.3 is 0 Å². The number of unbranched alkanes of at least 4 members (excludes halogenated alkanes) is 3. The van der Waals surface area contributed by atoms with Crippen LogP contribution in [0.5, 0.6) is 0 Å². The predicted octanol–water partition coefficient (Wildman–Crippen LogP) is 3.41. The van der Waals surface area contributed by atoms with Crippen LogP contribution in [0.25, 0.3) is 0 Å². The van der Waals surface area contributed by atoms with Crippen molar-refractivity contribution in [3.05, 3.63) is 0 Å². The van der Waals surface area contributed by atoms with Gasteiger partial charge in [-0.15, -0.1) is 0 Å². The Morgan fingerprint density at radius 1 is 1.24 bits per heavy atom. The summed E-state index contributed by atoms with van der Waals surface area (Å²) >= 11 is 0. The molecule has 2 nitrogen and oxygen atoms in total. The van der Waals surface area contributed by atoms with Crippen LogP contribution in [0.1, 0.15) is 65.7 Å². The molecular formula is C15H32N2. The summed E-state index contributed by atoms with van der Waals surface area (Å²) in [5, 5.41) is 0. The molecule has 1 heterocycles. The molecule has 0 spiro atoms. The highest BCUT2D eigenvalue weighted by Gasteiger charge is 2.28. The van der Waals surface area contributed by atoms with Crippen molar-refractivity contribution in [1.82, 2.24) is 4.90 Å². The maximum atomic E-state index is 5.98.